The molecule has 0 aliphatic heterocycles. The molecule has 0 bridgehead atoms. The van der Waals surface area contributed by atoms with Crippen LogP contribution in [0.1, 0.15) is 51.4 Å². The van der Waals surface area contributed by atoms with Gasteiger partial charge in [0.15, 0.2) is 12.4 Å². The number of hydrogen-bond donors (Lipinski definition) is 0. The summed E-state index contributed by atoms with van der Waals surface area (Å²) in [4.78, 5) is 12.3. The number of carbonyl (C=O) groups excluding carboxylic acids is 1. The number of aryl methyl sites for hydroxylation is 2. The van der Waals surface area contributed by atoms with Crippen LogP contribution < -0.4 is 0 Å². The highest BCUT2D eigenvalue weighted by Crippen LogP contribution is 2.17. The second kappa shape index (κ2) is 11.0. The first-order valence-corrected chi connectivity index (χ1v) is 11.4. The Morgan fingerprint density at radius 1 is 1.14 bits per heavy atom. The van der Waals surface area contributed by atoms with Gasteiger partial charge in [-0.1, -0.05) is 39.3 Å². The number of hydrogen-bond acceptors (Lipinski definition) is 7. The van der Waals surface area contributed by atoms with Crippen molar-refractivity contribution in [3.8, 4) is 0 Å². The molecule has 0 N–H and O–H groups in total. The molecule has 0 amide bonds. The molecule has 160 valence electrons. The molecule has 2 rings (SSSR count). The summed E-state index contributed by atoms with van der Waals surface area (Å²) in [6.45, 7) is 7.28. The fourth-order valence-corrected chi connectivity index (χ4v) is 4.27. The first-order chi connectivity index (χ1) is 13.9. The monoisotopic (exact) mass is 423 g/mol. The van der Waals surface area contributed by atoms with Crippen LogP contribution in [0.15, 0.2) is 29.2 Å². The molecule has 0 saturated heterocycles. The first kappa shape index (κ1) is 23.0. The number of aromatic nitrogens is 4. The summed E-state index contributed by atoms with van der Waals surface area (Å²) in [5, 5.41) is 11.4. The lowest BCUT2D eigenvalue weighted by Gasteiger charge is -2.18. The van der Waals surface area contributed by atoms with Crippen molar-refractivity contribution in [2.75, 3.05) is 13.1 Å². The van der Waals surface area contributed by atoms with Gasteiger partial charge < -0.3 is 4.74 Å². The Morgan fingerprint density at radius 3 is 2.45 bits per heavy atom. The zero-order valence-electron chi connectivity index (χ0n) is 17.2. The number of benzene rings is 1. The summed E-state index contributed by atoms with van der Waals surface area (Å²) >= 11 is 0. The van der Waals surface area contributed by atoms with Crippen LogP contribution >= 0.6 is 0 Å². The van der Waals surface area contributed by atoms with E-state index >= 15 is 0 Å². The third kappa shape index (κ3) is 6.33. The minimum atomic E-state index is -3.47. The van der Waals surface area contributed by atoms with Gasteiger partial charge in [0.2, 0.25) is 10.0 Å². The summed E-state index contributed by atoms with van der Waals surface area (Å²) in [5.74, 6) is 0.174. The summed E-state index contributed by atoms with van der Waals surface area (Å²) in [7, 11) is -3.47. The standard InChI is InChI=1S/C19H29N5O4S/c1-4-7-14-24-18(20-21-22-24)15-28-19(25)13-10-16-8-11-17(12-9-16)29(26,27)23(5-2)6-3/h8-9,11-12H,4-7,10,13-15H2,1-3H3. The average Bonchev–Trinajstić information content (AvgIpc) is 3.17. The molecule has 2 aromatic rings. The van der Waals surface area contributed by atoms with Crippen molar-refractivity contribution in [3.05, 3.63) is 35.7 Å². The maximum Gasteiger partial charge on any atom is 0.306 e. The molecule has 29 heavy (non-hydrogen) atoms. The number of carbonyl (C=O) groups is 1. The van der Waals surface area contributed by atoms with E-state index in [2.05, 4.69) is 22.4 Å². The van der Waals surface area contributed by atoms with Crippen molar-refractivity contribution >= 4 is 16.0 Å². The first-order valence-electron chi connectivity index (χ1n) is 9.92. The predicted molar refractivity (Wildman–Crippen MR) is 107 cm³/mol. The maximum atomic E-state index is 12.5. The van der Waals surface area contributed by atoms with Gasteiger partial charge in [-0.25, -0.2) is 13.1 Å². The van der Waals surface area contributed by atoms with E-state index in [1.807, 2.05) is 13.8 Å². The zero-order valence-corrected chi connectivity index (χ0v) is 18.1. The summed E-state index contributed by atoms with van der Waals surface area (Å²) < 4.78 is 33.3. The molecule has 0 fully saturated rings. The van der Waals surface area contributed by atoms with Crippen LogP contribution in [0.5, 0.6) is 0 Å². The minimum absolute atomic E-state index is 0.0383. The third-order valence-corrected chi connectivity index (χ3v) is 6.64. The number of tetrazole rings is 1. The number of nitrogens with zero attached hydrogens (tertiary/aromatic N) is 5. The Bertz CT molecular complexity index is 876. The van der Waals surface area contributed by atoms with Gasteiger partial charge in [0.25, 0.3) is 0 Å². The van der Waals surface area contributed by atoms with Crippen molar-refractivity contribution in [2.24, 2.45) is 0 Å². The van der Waals surface area contributed by atoms with Gasteiger partial charge in [-0.05, 0) is 41.0 Å². The zero-order chi connectivity index (χ0) is 21.3. The van der Waals surface area contributed by atoms with Crippen LogP contribution in [-0.2, 0) is 39.1 Å². The molecular weight excluding hydrogens is 394 g/mol. The van der Waals surface area contributed by atoms with Gasteiger partial charge >= 0.3 is 5.97 Å². The van der Waals surface area contributed by atoms with Crippen LogP contribution in [-0.4, -0.2) is 52.0 Å². The minimum Gasteiger partial charge on any atom is -0.457 e. The van der Waals surface area contributed by atoms with Gasteiger partial charge in [-0.3, -0.25) is 4.79 Å². The molecule has 10 heteroatoms. The fraction of sp³-hybridized carbons (Fsp3) is 0.579. The lowest BCUT2D eigenvalue weighted by atomic mass is 10.1. The molecule has 9 nitrogen and oxygen atoms in total. The molecule has 1 aromatic carbocycles. The van der Waals surface area contributed by atoms with E-state index in [1.165, 1.54) is 4.31 Å². The largest absolute Gasteiger partial charge is 0.457 e. The normalized spacial score (nSPS) is 11.7. The van der Waals surface area contributed by atoms with Gasteiger partial charge in [-0.15, -0.1) is 5.10 Å². The molecule has 0 aliphatic carbocycles. The lowest BCUT2D eigenvalue weighted by molar-refractivity contribution is -0.145. The second-order valence-corrected chi connectivity index (χ2v) is 8.50. The number of rotatable bonds is 12. The Balaban J connectivity index is 1.85. The number of ether oxygens (including phenoxy) is 1. The smallest absolute Gasteiger partial charge is 0.306 e. The van der Waals surface area contributed by atoms with E-state index in [0.29, 0.717) is 31.9 Å². The molecular formula is C19H29N5O4S. The Kier molecular flexibility index (Phi) is 8.71. The molecule has 0 aliphatic rings. The topological polar surface area (TPSA) is 107 Å². The quantitative estimate of drug-likeness (QED) is 0.482. The van der Waals surface area contributed by atoms with Crippen molar-refractivity contribution in [1.29, 1.82) is 0 Å². The summed E-state index contributed by atoms with van der Waals surface area (Å²) in [5.41, 5.74) is 0.869. The van der Waals surface area contributed by atoms with Crippen LogP contribution in [0, 0.1) is 0 Å². The molecule has 0 unspecified atom stereocenters. The van der Waals surface area contributed by atoms with Crippen molar-refractivity contribution in [1.82, 2.24) is 24.5 Å². The molecule has 0 atom stereocenters. The number of esters is 1. The SMILES string of the molecule is CCCCn1nnnc1COC(=O)CCc1ccc(S(=O)(=O)N(CC)CC)cc1. The molecule has 0 radical (unpaired) electrons. The van der Waals surface area contributed by atoms with Crippen molar-refractivity contribution in [2.45, 2.75) is 64.5 Å². The molecule has 1 aromatic heterocycles. The Morgan fingerprint density at radius 2 is 1.83 bits per heavy atom. The van der Waals surface area contributed by atoms with E-state index in [4.69, 9.17) is 4.74 Å². The van der Waals surface area contributed by atoms with E-state index in [0.717, 1.165) is 18.4 Å². The number of sulfonamides is 1. The Hall–Kier alpha value is -2.33. The van der Waals surface area contributed by atoms with E-state index in [-0.39, 0.29) is 23.9 Å². The molecule has 1 heterocycles. The Labute approximate surface area is 172 Å². The second-order valence-electron chi connectivity index (χ2n) is 6.57. The van der Waals surface area contributed by atoms with Crippen LogP contribution in [0.4, 0.5) is 0 Å². The van der Waals surface area contributed by atoms with Crippen LogP contribution in [0.2, 0.25) is 0 Å². The van der Waals surface area contributed by atoms with Gasteiger partial charge in [0, 0.05) is 26.1 Å². The number of unbranched alkanes of at least 4 members (excludes halogenated alkanes) is 1. The predicted octanol–water partition coefficient (Wildman–Crippen LogP) is 2.18. The van der Waals surface area contributed by atoms with E-state index < -0.39 is 10.0 Å². The fourth-order valence-electron chi connectivity index (χ4n) is 2.81. The molecule has 0 saturated carbocycles. The molecule has 0 spiro atoms. The van der Waals surface area contributed by atoms with Crippen molar-refractivity contribution in [3.63, 3.8) is 0 Å². The maximum absolute atomic E-state index is 12.5. The highest BCUT2D eigenvalue weighted by Gasteiger charge is 2.21. The van der Waals surface area contributed by atoms with E-state index in [9.17, 15) is 13.2 Å². The van der Waals surface area contributed by atoms with Crippen molar-refractivity contribution < 1.29 is 17.9 Å². The highest BCUT2D eigenvalue weighted by molar-refractivity contribution is 7.89. The lowest BCUT2D eigenvalue weighted by Crippen LogP contribution is -2.30. The highest BCUT2D eigenvalue weighted by atomic mass is 32.2. The van der Waals surface area contributed by atoms with Crippen LogP contribution in [0.25, 0.3) is 0 Å². The van der Waals surface area contributed by atoms with E-state index in [1.54, 1.807) is 28.9 Å². The summed E-state index contributed by atoms with van der Waals surface area (Å²) in [6, 6.07) is 6.62. The average molecular weight is 424 g/mol. The summed E-state index contributed by atoms with van der Waals surface area (Å²) in [6.07, 6.45) is 2.63. The van der Waals surface area contributed by atoms with Gasteiger partial charge in [0.1, 0.15) is 0 Å². The third-order valence-electron chi connectivity index (χ3n) is 4.58. The van der Waals surface area contributed by atoms with Gasteiger partial charge in [0.05, 0.1) is 4.90 Å². The van der Waals surface area contributed by atoms with Gasteiger partial charge in [-0.2, -0.15) is 4.31 Å². The van der Waals surface area contributed by atoms with Crippen LogP contribution in [0.3, 0.4) is 0 Å².